The first-order chi connectivity index (χ1) is 7.69. The highest BCUT2D eigenvalue weighted by molar-refractivity contribution is 5.66. The summed E-state index contributed by atoms with van der Waals surface area (Å²) in [5, 5.41) is 3.49. The fourth-order valence-electron chi connectivity index (χ4n) is 2.96. The van der Waals surface area contributed by atoms with Gasteiger partial charge in [-0.25, -0.2) is 0 Å². The van der Waals surface area contributed by atoms with Crippen LogP contribution in [0.2, 0.25) is 0 Å². The van der Waals surface area contributed by atoms with Crippen molar-refractivity contribution >= 4 is 5.97 Å². The maximum Gasteiger partial charge on any atom is 0.302 e. The van der Waals surface area contributed by atoms with Crippen molar-refractivity contribution in [2.75, 3.05) is 7.11 Å². The molecule has 0 spiro atoms. The largest absolute Gasteiger partial charge is 0.463 e. The third-order valence-corrected chi connectivity index (χ3v) is 3.76. The molecular formula is C12H21NO3. The number of fused-ring (bicyclic) bond motifs is 1. The Morgan fingerprint density at radius 1 is 1.25 bits per heavy atom. The lowest BCUT2D eigenvalue weighted by molar-refractivity contribution is -0.149. The zero-order valence-electron chi connectivity index (χ0n) is 10.1. The van der Waals surface area contributed by atoms with Gasteiger partial charge in [0, 0.05) is 26.5 Å². The summed E-state index contributed by atoms with van der Waals surface area (Å²) in [6.45, 7) is 1.48. The van der Waals surface area contributed by atoms with E-state index in [0.717, 1.165) is 31.6 Å². The van der Waals surface area contributed by atoms with Gasteiger partial charge in [0.25, 0.3) is 0 Å². The van der Waals surface area contributed by atoms with Crippen LogP contribution >= 0.6 is 0 Å². The van der Waals surface area contributed by atoms with Crippen LogP contribution < -0.4 is 5.32 Å². The van der Waals surface area contributed by atoms with Crippen molar-refractivity contribution in [1.82, 2.24) is 5.32 Å². The lowest BCUT2D eigenvalue weighted by Crippen LogP contribution is -2.52. The highest BCUT2D eigenvalue weighted by atomic mass is 16.5. The topological polar surface area (TPSA) is 47.6 Å². The van der Waals surface area contributed by atoms with Crippen LogP contribution in [0.25, 0.3) is 0 Å². The second-order valence-electron chi connectivity index (χ2n) is 4.88. The fourth-order valence-corrected chi connectivity index (χ4v) is 2.96. The SMILES string of the molecule is COC1CCC2CCC(OC(C)=O)CC2N1. The summed E-state index contributed by atoms with van der Waals surface area (Å²) >= 11 is 0. The van der Waals surface area contributed by atoms with Crippen LogP contribution in [0.4, 0.5) is 0 Å². The lowest BCUT2D eigenvalue weighted by atomic mass is 9.78. The van der Waals surface area contributed by atoms with E-state index in [4.69, 9.17) is 9.47 Å². The number of carbonyl (C=O) groups is 1. The quantitative estimate of drug-likeness (QED) is 0.725. The Balaban J connectivity index is 1.88. The van der Waals surface area contributed by atoms with E-state index >= 15 is 0 Å². The van der Waals surface area contributed by atoms with Crippen molar-refractivity contribution in [2.45, 2.75) is 57.4 Å². The van der Waals surface area contributed by atoms with Crippen molar-refractivity contribution in [3.8, 4) is 0 Å². The minimum Gasteiger partial charge on any atom is -0.463 e. The molecule has 1 saturated carbocycles. The molecule has 0 bridgehead atoms. The molecular weight excluding hydrogens is 206 g/mol. The van der Waals surface area contributed by atoms with Gasteiger partial charge in [-0.05, 0) is 31.6 Å². The van der Waals surface area contributed by atoms with Crippen LogP contribution in [0.1, 0.15) is 39.0 Å². The van der Waals surface area contributed by atoms with E-state index in [0.29, 0.717) is 6.04 Å². The van der Waals surface area contributed by atoms with Gasteiger partial charge in [0.15, 0.2) is 0 Å². The molecule has 2 aliphatic rings. The zero-order valence-corrected chi connectivity index (χ0v) is 10.1. The smallest absolute Gasteiger partial charge is 0.302 e. The standard InChI is InChI=1S/C12H21NO3/c1-8(14)16-10-5-3-9-4-6-12(15-2)13-11(9)7-10/h9-13H,3-7H2,1-2H3. The Morgan fingerprint density at radius 3 is 2.69 bits per heavy atom. The number of nitrogens with one attached hydrogen (secondary N) is 1. The molecule has 1 aliphatic carbocycles. The Morgan fingerprint density at radius 2 is 2.00 bits per heavy atom. The average molecular weight is 227 g/mol. The van der Waals surface area contributed by atoms with Crippen LogP contribution in [0.3, 0.4) is 0 Å². The van der Waals surface area contributed by atoms with Crippen LogP contribution in [-0.2, 0) is 14.3 Å². The molecule has 1 heterocycles. The molecule has 1 saturated heterocycles. The number of ether oxygens (including phenoxy) is 2. The molecule has 2 rings (SSSR count). The van der Waals surface area contributed by atoms with E-state index in [1.807, 2.05) is 0 Å². The van der Waals surface area contributed by atoms with Gasteiger partial charge < -0.3 is 9.47 Å². The summed E-state index contributed by atoms with van der Waals surface area (Å²) in [5.41, 5.74) is 0. The van der Waals surface area contributed by atoms with Crippen LogP contribution in [-0.4, -0.2) is 31.5 Å². The van der Waals surface area contributed by atoms with E-state index < -0.39 is 0 Å². The third-order valence-electron chi connectivity index (χ3n) is 3.76. The second kappa shape index (κ2) is 5.15. The highest BCUT2D eigenvalue weighted by Crippen LogP contribution is 2.33. The average Bonchev–Trinajstić information content (AvgIpc) is 2.27. The van der Waals surface area contributed by atoms with Crippen molar-refractivity contribution in [3.05, 3.63) is 0 Å². The molecule has 4 nitrogen and oxygen atoms in total. The molecule has 4 atom stereocenters. The summed E-state index contributed by atoms with van der Waals surface area (Å²) < 4.78 is 10.6. The molecule has 0 amide bonds. The summed E-state index contributed by atoms with van der Waals surface area (Å²) in [7, 11) is 1.74. The Hall–Kier alpha value is -0.610. The highest BCUT2D eigenvalue weighted by Gasteiger charge is 2.36. The van der Waals surface area contributed by atoms with E-state index in [2.05, 4.69) is 5.32 Å². The number of rotatable bonds is 2. The molecule has 1 N–H and O–H groups in total. The third kappa shape index (κ3) is 2.74. The minimum absolute atomic E-state index is 0.0989. The first-order valence-electron chi connectivity index (χ1n) is 6.15. The van der Waals surface area contributed by atoms with E-state index in [1.54, 1.807) is 7.11 Å². The Labute approximate surface area is 96.7 Å². The van der Waals surface area contributed by atoms with Gasteiger partial charge >= 0.3 is 5.97 Å². The molecule has 4 heteroatoms. The number of esters is 1. The van der Waals surface area contributed by atoms with Gasteiger partial charge in [0.2, 0.25) is 0 Å². The van der Waals surface area contributed by atoms with Crippen molar-refractivity contribution < 1.29 is 14.3 Å². The first kappa shape index (κ1) is 11.9. The Kier molecular flexibility index (Phi) is 3.82. The molecule has 0 aromatic heterocycles. The number of hydrogen-bond acceptors (Lipinski definition) is 4. The molecule has 0 aromatic rings. The van der Waals surface area contributed by atoms with E-state index in [9.17, 15) is 4.79 Å². The first-order valence-corrected chi connectivity index (χ1v) is 6.15. The van der Waals surface area contributed by atoms with Crippen LogP contribution in [0.15, 0.2) is 0 Å². The van der Waals surface area contributed by atoms with Gasteiger partial charge in [-0.15, -0.1) is 0 Å². The van der Waals surface area contributed by atoms with E-state index in [1.165, 1.54) is 13.3 Å². The maximum atomic E-state index is 10.9. The van der Waals surface area contributed by atoms with Gasteiger partial charge in [-0.3, -0.25) is 10.1 Å². The minimum atomic E-state index is -0.164. The summed E-state index contributed by atoms with van der Waals surface area (Å²) in [6.07, 6.45) is 5.70. The van der Waals surface area contributed by atoms with Crippen molar-refractivity contribution in [3.63, 3.8) is 0 Å². The zero-order chi connectivity index (χ0) is 11.5. The summed E-state index contributed by atoms with van der Waals surface area (Å²) in [6, 6.07) is 0.455. The molecule has 0 radical (unpaired) electrons. The van der Waals surface area contributed by atoms with Gasteiger partial charge in [0.1, 0.15) is 12.3 Å². The monoisotopic (exact) mass is 227 g/mol. The lowest BCUT2D eigenvalue weighted by Gasteiger charge is -2.42. The summed E-state index contributed by atoms with van der Waals surface area (Å²) in [5.74, 6) is 0.570. The normalized spacial score (nSPS) is 38.9. The molecule has 92 valence electrons. The van der Waals surface area contributed by atoms with Gasteiger partial charge in [-0.1, -0.05) is 0 Å². The van der Waals surface area contributed by atoms with Crippen LogP contribution in [0, 0.1) is 5.92 Å². The molecule has 2 fully saturated rings. The van der Waals surface area contributed by atoms with Gasteiger partial charge in [-0.2, -0.15) is 0 Å². The Bertz CT molecular complexity index is 257. The number of carbonyl (C=O) groups excluding carboxylic acids is 1. The van der Waals surface area contributed by atoms with Crippen molar-refractivity contribution in [1.29, 1.82) is 0 Å². The predicted molar refractivity (Wildman–Crippen MR) is 59.8 cm³/mol. The number of hydrogen-bond donors (Lipinski definition) is 1. The molecule has 0 aromatic carbocycles. The molecule has 16 heavy (non-hydrogen) atoms. The van der Waals surface area contributed by atoms with E-state index in [-0.39, 0.29) is 18.3 Å². The second-order valence-corrected chi connectivity index (χ2v) is 4.88. The molecule has 4 unspecified atom stereocenters. The number of methoxy groups -OCH3 is 1. The van der Waals surface area contributed by atoms with Crippen molar-refractivity contribution in [2.24, 2.45) is 5.92 Å². The number of piperidine rings is 1. The fraction of sp³-hybridized carbons (Fsp3) is 0.917. The summed E-state index contributed by atoms with van der Waals surface area (Å²) in [4.78, 5) is 10.9. The predicted octanol–water partition coefficient (Wildman–Crippen LogP) is 1.44. The van der Waals surface area contributed by atoms with Crippen LogP contribution in [0.5, 0.6) is 0 Å². The maximum absolute atomic E-state index is 10.9. The molecule has 1 aliphatic heterocycles. The van der Waals surface area contributed by atoms with Gasteiger partial charge in [0.05, 0.1) is 0 Å².